The number of carbonyl (C=O) groups excluding carboxylic acids is 1. The molecule has 35 heavy (non-hydrogen) atoms. The van der Waals surface area contributed by atoms with Crippen molar-refractivity contribution in [3.63, 3.8) is 0 Å². The van der Waals surface area contributed by atoms with Crippen LogP contribution in [0.3, 0.4) is 0 Å². The molecular weight excluding hydrogens is 473 g/mol. The Labute approximate surface area is 208 Å². The summed E-state index contributed by atoms with van der Waals surface area (Å²) in [6, 6.07) is 7.38. The number of halogens is 2. The summed E-state index contributed by atoms with van der Waals surface area (Å²) in [5.41, 5.74) is 1.25. The summed E-state index contributed by atoms with van der Waals surface area (Å²) in [4.78, 5) is 21.3. The smallest absolute Gasteiger partial charge is 0.410 e. The number of aromatic hydroxyl groups is 1. The maximum atomic E-state index is 14.5. The number of piperazine rings is 1. The van der Waals surface area contributed by atoms with Crippen molar-refractivity contribution in [2.45, 2.75) is 45.4 Å². The molecule has 2 aromatic carbocycles. The highest BCUT2D eigenvalue weighted by Gasteiger charge is 2.40. The maximum absolute atomic E-state index is 14.5. The van der Waals surface area contributed by atoms with Crippen LogP contribution in [-0.2, 0) is 4.74 Å². The molecule has 5 rings (SSSR count). The number of benzene rings is 2. The fraction of sp³-hybridized carbons (Fsp3) is 0.385. The molecule has 1 saturated heterocycles. The largest absolute Gasteiger partial charge is 0.507 e. The van der Waals surface area contributed by atoms with Crippen molar-refractivity contribution in [1.29, 1.82) is 0 Å². The number of aromatic nitrogens is 1. The Bertz CT molecular complexity index is 1310. The molecule has 1 amide bonds. The van der Waals surface area contributed by atoms with Crippen LogP contribution in [0.25, 0.3) is 22.0 Å². The number of rotatable bonds is 1. The molecule has 2 atom stereocenters. The second kappa shape index (κ2) is 8.45. The third kappa shape index (κ3) is 4.20. The van der Waals surface area contributed by atoms with Crippen molar-refractivity contribution in [2.24, 2.45) is 0 Å². The Kier molecular flexibility index (Phi) is 5.67. The van der Waals surface area contributed by atoms with Crippen molar-refractivity contribution in [3.8, 4) is 22.6 Å². The maximum Gasteiger partial charge on any atom is 0.410 e. The van der Waals surface area contributed by atoms with Gasteiger partial charge >= 0.3 is 6.09 Å². The third-order valence-electron chi connectivity index (χ3n) is 6.34. The molecule has 184 valence electrons. The van der Waals surface area contributed by atoms with E-state index in [1.807, 2.05) is 27.7 Å². The van der Waals surface area contributed by atoms with Crippen LogP contribution in [0.15, 0.2) is 36.5 Å². The van der Waals surface area contributed by atoms with E-state index in [4.69, 9.17) is 21.1 Å². The van der Waals surface area contributed by atoms with Gasteiger partial charge in [0.2, 0.25) is 0 Å². The van der Waals surface area contributed by atoms with E-state index in [1.165, 1.54) is 18.2 Å². The van der Waals surface area contributed by atoms with Gasteiger partial charge in [0.15, 0.2) is 5.75 Å². The first-order valence-corrected chi connectivity index (χ1v) is 11.9. The number of hydrogen-bond acceptors (Lipinski definition) is 6. The molecule has 0 aliphatic carbocycles. The second-order valence-corrected chi connectivity index (χ2v) is 10.5. The predicted octanol–water partition coefficient (Wildman–Crippen LogP) is 5.61. The van der Waals surface area contributed by atoms with Gasteiger partial charge in [-0.3, -0.25) is 4.98 Å². The summed E-state index contributed by atoms with van der Waals surface area (Å²) in [5.74, 6) is -0.136. The van der Waals surface area contributed by atoms with Gasteiger partial charge in [-0.2, -0.15) is 0 Å². The number of phenols is 1. The van der Waals surface area contributed by atoms with Crippen LogP contribution in [-0.4, -0.2) is 58.5 Å². The third-order valence-corrected chi connectivity index (χ3v) is 6.66. The van der Waals surface area contributed by atoms with Crippen LogP contribution < -0.4 is 9.64 Å². The molecule has 2 aliphatic rings. The highest BCUT2D eigenvalue weighted by molar-refractivity contribution is 6.34. The van der Waals surface area contributed by atoms with E-state index in [0.717, 1.165) is 11.1 Å². The van der Waals surface area contributed by atoms with E-state index in [2.05, 4.69) is 9.88 Å². The molecule has 0 bridgehead atoms. The summed E-state index contributed by atoms with van der Waals surface area (Å²) in [7, 11) is 0. The molecule has 0 spiro atoms. The van der Waals surface area contributed by atoms with Crippen molar-refractivity contribution >= 4 is 34.3 Å². The minimum absolute atomic E-state index is 0.0349. The highest BCUT2D eigenvalue weighted by Crippen LogP contribution is 2.45. The molecule has 7 nitrogen and oxygen atoms in total. The monoisotopic (exact) mass is 499 g/mol. The van der Waals surface area contributed by atoms with E-state index in [-0.39, 0.29) is 34.5 Å². The Morgan fingerprint density at radius 1 is 1.29 bits per heavy atom. The summed E-state index contributed by atoms with van der Waals surface area (Å²) < 4.78 is 26.2. The summed E-state index contributed by atoms with van der Waals surface area (Å²) in [6.07, 6.45) is 1.31. The van der Waals surface area contributed by atoms with Gasteiger partial charge in [0, 0.05) is 35.1 Å². The molecular formula is C26H27ClFN3O4. The number of hydrogen-bond donors (Lipinski definition) is 1. The number of carbonyl (C=O) groups is 1. The summed E-state index contributed by atoms with van der Waals surface area (Å²) in [5, 5.41) is 11.3. The number of pyridine rings is 1. The van der Waals surface area contributed by atoms with Crippen molar-refractivity contribution in [2.75, 3.05) is 24.6 Å². The Morgan fingerprint density at radius 2 is 2.06 bits per heavy atom. The van der Waals surface area contributed by atoms with Gasteiger partial charge in [0.1, 0.15) is 23.8 Å². The van der Waals surface area contributed by atoms with E-state index < -0.39 is 11.4 Å². The standard InChI is InChI=1S/C26H27ClFN3O4/c1-14-11-31-15(12-30(14)25(33)35-26(2,3)4)13-34-22-10-29-20-9-16(18(27)8-17(20)24(22)31)23-19(28)6-5-7-21(23)32/h5-10,14-15,32H,11-13H2,1-4H3/t14-,15-/m1/s1. The number of nitrogens with zero attached hydrogens (tertiary/aromatic N) is 3. The number of anilines is 1. The van der Waals surface area contributed by atoms with Crippen molar-refractivity contribution in [1.82, 2.24) is 9.88 Å². The van der Waals surface area contributed by atoms with Crippen LogP contribution in [0.5, 0.6) is 11.5 Å². The van der Waals surface area contributed by atoms with Gasteiger partial charge in [-0.05, 0) is 52.0 Å². The van der Waals surface area contributed by atoms with Gasteiger partial charge in [0.25, 0.3) is 0 Å². The molecule has 0 unspecified atom stereocenters. The van der Waals surface area contributed by atoms with E-state index in [0.29, 0.717) is 36.5 Å². The fourth-order valence-corrected chi connectivity index (χ4v) is 5.03. The van der Waals surface area contributed by atoms with E-state index in [9.17, 15) is 14.3 Å². The lowest BCUT2D eigenvalue weighted by molar-refractivity contribution is 0.00997. The van der Waals surface area contributed by atoms with Crippen LogP contribution in [0.1, 0.15) is 27.7 Å². The number of phenolic OH excluding ortho intramolecular Hbond substituents is 1. The average molecular weight is 500 g/mol. The van der Waals surface area contributed by atoms with E-state index >= 15 is 0 Å². The van der Waals surface area contributed by atoms with Crippen molar-refractivity contribution < 1.29 is 23.8 Å². The Balaban J connectivity index is 1.54. The molecule has 3 heterocycles. The number of fused-ring (bicyclic) bond motifs is 5. The molecule has 0 radical (unpaired) electrons. The highest BCUT2D eigenvalue weighted by atomic mass is 35.5. The predicted molar refractivity (Wildman–Crippen MR) is 133 cm³/mol. The second-order valence-electron chi connectivity index (χ2n) is 10.1. The lowest BCUT2D eigenvalue weighted by Gasteiger charge is -2.48. The first-order chi connectivity index (χ1) is 16.5. The lowest BCUT2D eigenvalue weighted by atomic mass is 9.99. The minimum Gasteiger partial charge on any atom is -0.507 e. The summed E-state index contributed by atoms with van der Waals surface area (Å²) >= 11 is 6.62. The zero-order valence-corrected chi connectivity index (χ0v) is 20.8. The minimum atomic E-state index is -0.577. The van der Waals surface area contributed by atoms with Gasteiger partial charge < -0.3 is 24.4 Å². The van der Waals surface area contributed by atoms with Gasteiger partial charge in [0.05, 0.1) is 29.0 Å². The zero-order chi connectivity index (χ0) is 25.1. The quantitative estimate of drug-likeness (QED) is 0.469. The normalized spacial score (nSPS) is 19.7. The first kappa shape index (κ1) is 23.5. The molecule has 1 fully saturated rings. The first-order valence-electron chi connectivity index (χ1n) is 11.5. The Hall–Kier alpha value is -3.26. The molecule has 1 aromatic heterocycles. The topological polar surface area (TPSA) is 75.1 Å². The van der Waals surface area contributed by atoms with Crippen LogP contribution in [0, 0.1) is 5.82 Å². The molecule has 1 N–H and O–H groups in total. The number of ether oxygens (including phenoxy) is 2. The molecule has 9 heteroatoms. The average Bonchev–Trinajstić information content (AvgIpc) is 2.77. The lowest BCUT2D eigenvalue weighted by Crippen LogP contribution is -2.62. The molecule has 0 saturated carbocycles. The fourth-order valence-electron chi connectivity index (χ4n) is 4.77. The van der Waals surface area contributed by atoms with E-state index in [1.54, 1.807) is 23.2 Å². The molecule has 3 aromatic rings. The zero-order valence-electron chi connectivity index (χ0n) is 20.0. The van der Waals surface area contributed by atoms with Gasteiger partial charge in [-0.25, -0.2) is 9.18 Å². The van der Waals surface area contributed by atoms with Crippen LogP contribution in [0.4, 0.5) is 14.9 Å². The van der Waals surface area contributed by atoms with Crippen LogP contribution >= 0.6 is 11.6 Å². The number of amides is 1. The Morgan fingerprint density at radius 3 is 2.77 bits per heavy atom. The van der Waals surface area contributed by atoms with Gasteiger partial charge in [-0.1, -0.05) is 17.7 Å². The van der Waals surface area contributed by atoms with Gasteiger partial charge in [-0.15, -0.1) is 0 Å². The SMILES string of the molecule is C[C@@H]1CN2c3c(cnc4cc(-c5c(O)cccc5F)c(Cl)cc34)OC[C@H]2CN1C(=O)OC(C)(C)C. The van der Waals surface area contributed by atoms with Crippen LogP contribution in [0.2, 0.25) is 5.02 Å². The summed E-state index contributed by atoms with van der Waals surface area (Å²) in [6.45, 7) is 8.98. The molecule has 2 aliphatic heterocycles. The van der Waals surface area contributed by atoms with Crippen molar-refractivity contribution in [3.05, 3.63) is 47.4 Å².